The Hall–Kier alpha value is -1.46. The summed E-state index contributed by atoms with van der Waals surface area (Å²) in [6, 6.07) is 6.35. The molecule has 5 nitrogen and oxygen atoms in total. The number of urea groups is 1. The van der Waals surface area contributed by atoms with Crippen molar-refractivity contribution in [2.45, 2.75) is 6.04 Å². The van der Waals surface area contributed by atoms with Crippen molar-refractivity contribution in [3.8, 4) is 0 Å². The number of nitrogens with one attached hydrogen (secondary N) is 2. The number of hydrogen-bond acceptors (Lipinski definition) is 3. The summed E-state index contributed by atoms with van der Waals surface area (Å²) in [5.41, 5.74) is 1.73. The van der Waals surface area contributed by atoms with Crippen molar-refractivity contribution in [1.29, 1.82) is 0 Å². The average molecular weight is 316 g/mol. The Kier molecular flexibility index (Phi) is 5.09. The molecule has 2 N–H and O–H groups in total. The fourth-order valence-electron chi connectivity index (χ4n) is 2.10. The van der Waals surface area contributed by atoms with E-state index in [4.69, 9.17) is 23.2 Å². The first-order valence-corrected chi connectivity index (χ1v) is 7.31. The molecule has 0 radical (unpaired) electrons. The third-order valence-electron chi connectivity index (χ3n) is 3.07. The van der Waals surface area contributed by atoms with Crippen LogP contribution in [0.1, 0.15) is 11.6 Å². The Bertz CT molecular complexity index is 487. The number of carbonyl (C=O) groups is 2. The maximum absolute atomic E-state index is 11.6. The molecule has 0 saturated carbocycles. The Balaban J connectivity index is 2.12. The van der Waals surface area contributed by atoms with Crippen molar-refractivity contribution in [2.24, 2.45) is 0 Å². The van der Waals surface area contributed by atoms with E-state index in [1.165, 1.54) is 0 Å². The number of carbonyl (C=O) groups excluding carboxylic acids is 2. The maximum Gasteiger partial charge on any atom is 0.322 e. The lowest BCUT2D eigenvalue weighted by molar-refractivity contribution is -0.120. The van der Waals surface area contributed by atoms with Gasteiger partial charge in [0.1, 0.15) is 6.04 Å². The number of imide groups is 1. The third-order valence-corrected chi connectivity index (χ3v) is 3.41. The number of alkyl halides is 2. The van der Waals surface area contributed by atoms with Crippen molar-refractivity contribution in [3.05, 3.63) is 29.8 Å². The van der Waals surface area contributed by atoms with E-state index in [2.05, 4.69) is 15.5 Å². The number of amides is 3. The van der Waals surface area contributed by atoms with Crippen LogP contribution in [0.2, 0.25) is 0 Å². The van der Waals surface area contributed by atoms with Gasteiger partial charge in [0.2, 0.25) is 0 Å². The highest BCUT2D eigenvalue weighted by atomic mass is 35.5. The van der Waals surface area contributed by atoms with Gasteiger partial charge in [0.15, 0.2) is 0 Å². The van der Waals surface area contributed by atoms with Crippen LogP contribution in [0.5, 0.6) is 0 Å². The van der Waals surface area contributed by atoms with E-state index in [1.807, 2.05) is 24.3 Å². The summed E-state index contributed by atoms with van der Waals surface area (Å²) in [6.07, 6.45) is 0. The van der Waals surface area contributed by atoms with E-state index in [1.54, 1.807) is 0 Å². The van der Waals surface area contributed by atoms with Gasteiger partial charge in [0.25, 0.3) is 5.91 Å². The average Bonchev–Trinajstić information content (AvgIpc) is 2.78. The van der Waals surface area contributed by atoms with Gasteiger partial charge in [-0.1, -0.05) is 12.1 Å². The summed E-state index contributed by atoms with van der Waals surface area (Å²) < 4.78 is 0. The third kappa shape index (κ3) is 3.35. The Morgan fingerprint density at radius 3 is 2.10 bits per heavy atom. The van der Waals surface area contributed by atoms with E-state index in [-0.39, 0.29) is 5.91 Å². The number of hydrogen-bond donors (Lipinski definition) is 2. The van der Waals surface area contributed by atoms with Crippen molar-refractivity contribution >= 4 is 40.8 Å². The predicted molar refractivity (Wildman–Crippen MR) is 79.5 cm³/mol. The molecule has 0 spiro atoms. The molecule has 1 heterocycles. The summed E-state index contributed by atoms with van der Waals surface area (Å²) in [4.78, 5) is 24.7. The standard InChI is InChI=1S/C13H15Cl2N3O2/c14-5-7-18(8-6-15)10-3-1-9(2-4-10)11-12(19)17-13(20)16-11/h1-4,11H,5-8H2,(H2,16,17,19,20). The largest absolute Gasteiger partial charge is 0.369 e. The van der Waals surface area contributed by atoms with E-state index in [0.717, 1.165) is 11.3 Å². The summed E-state index contributed by atoms with van der Waals surface area (Å²) >= 11 is 11.5. The summed E-state index contributed by atoms with van der Waals surface area (Å²) in [5.74, 6) is 0.695. The second kappa shape index (κ2) is 6.81. The molecule has 0 bridgehead atoms. The lowest BCUT2D eigenvalue weighted by Crippen LogP contribution is -2.27. The van der Waals surface area contributed by atoms with Crippen LogP contribution in [0.15, 0.2) is 24.3 Å². The Labute approximate surface area is 127 Å². The molecule has 1 aromatic carbocycles. The molecular weight excluding hydrogens is 301 g/mol. The first-order valence-electron chi connectivity index (χ1n) is 6.24. The van der Waals surface area contributed by atoms with Crippen LogP contribution >= 0.6 is 23.2 Å². The molecule has 0 aromatic heterocycles. The smallest absolute Gasteiger partial charge is 0.322 e. The molecule has 1 aliphatic rings. The minimum atomic E-state index is -0.619. The zero-order valence-corrected chi connectivity index (χ0v) is 12.2. The highest BCUT2D eigenvalue weighted by Crippen LogP contribution is 2.21. The molecule has 1 unspecified atom stereocenters. The lowest BCUT2D eigenvalue weighted by atomic mass is 10.1. The first-order chi connectivity index (χ1) is 9.65. The SMILES string of the molecule is O=C1NC(=O)C(c2ccc(N(CCCl)CCCl)cc2)N1. The fourth-order valence-corrected chi connectivity index (χ4v) is 2.51. The van der Waals surface area contributed by atoms with Crippen LogP contribution in [0, 0.1) is 0 Å². The van der Waals surface area contributed by atoms with Crippen LogP contribution in [0.3, 0.4) is 0 Å². The van der Waals surface area contributed by atoms with Gasteiger partial charge in [-0.25, -0.2) is 4.79 Å². The second-order valence-corrected chi connectivity index (χ2v) is 5.11. The van der Waals surface area contributed by atoms with Gasteiger partial charge in [0.05, 0.1) is 0 Å². The second-order valence-electron chi connectivity index (χ2n) is 4.35. The van der Waals surface area contributed by atoms with Crippen LogP contribution in [-0.4, -0.2) is 36.8 Å². The van der Waals surface area contributed by atoms with Crippen molar-refractivity contribution in [3.63, 3.8) is 0 Å². The molecule has 1 aromatic rings. The number of benzene rings is 1. The van der Waals surface area contributed by atoms with Gasteiger partial charge in [0, 0.05) is 30.5 Å². The van der Waals surface area contributed by atoms with Gasteiger partial charge >= 0.3 is 6.03 Å². The van der Waals surface area contributed by atoms with Gasteiger partial charge in [-0.3, -0.25) is 10.1 Å². The molecule has 20 heavy (non-hydrogen) atoms. The molecule has 1 fully saturated rings. The molecule has 3 amide bonds. The molecule has 7 heteroatoms. The fraction of sp³-hybridized carbons (Fsp3) is 0.385. The highest BCUT2D eigenvalue weighted by Gasteiger charge is 2.30. The molecule has 0 aliphatic carbocycles. The highest BCUT2D eigenvalue weighted by molar-refractivity contribution is 6.18. The van der Waals surface area contributed by atoms with E-state index >= 15 is 0 Å². The first kappa shape index (κ1) is 14.9. The molecule has 108 valence electrons. The number of rotatable bonds is 6. The van der Waals surface area contributed by atoms with Gasteiger partial charge in [-0.15, -0.1) is 23.2 Å². The van der Waals surface area contributed by atoms with E-state index < -0.39 is 12.1 Å². The van der Waals surface area contributed by atoms with Crippen LogP contribution < -0.4 is 15.5 Å². The topological polar surface area (TPSA) is 61.4 Å². The summed E-state index contributed by atoms with van der Waals surface area (Å²) in [6.45, 7) is 1.41. The summed E-state index contributed by atoms with van der Waals surface area (Å²) in [7, 11) is 0. The van der Waals surface area contributed by atoms with Crippen molar-refractivity contribution in [1.82, 2.24) is 10.6 Å². The lowest BCUT2D eigenvalue weighted by Gasteiger charge is -2.23. The van der Waals surface area contributed by atoms with Crippen LogP contribution in [0.25, 0.3) is 0 Å². The normalized spacial score (nSPS) is 17.8. The number of anilines is 1. The molecule has 1 atom stereocenters. The van der Waals surface area contributed by atoms with Crippen molar-refractivity contribution < 1.29 is 9.59 Å². The van der Waals surface area contributed by atoms with Crippen molar-refractivity contribution in [2.75, 3.05) is 29.7 Å². The zero-order valence-electron chi connectivity index (χ0n) is 10.7. The Morgan fingerprint density at radius 2 is 1.65 bits per heavy atom. The molecular formula is C13H15Cl2N3O2. The molecule has 1 aliphatic heterocycles. The molecule has 1 saturated heterocycles. The van der Waals surface area contributed by atoms with E-state index in [9.17, 15) is 9.59 Å². The van der Waals surface area contributed by atoms with Gasteiger partial charge in [-0.2, -0.15) is 0 Å². The van der Waals surface area contributed by atoms with Gasteiger partial charge < -0.3 is 10.2 Å². The van der Waals surface area contributed by atoms with Crippen LogP contribution in [-0.2, 0) is 4.79 Å². The monoisotopic (exact) mass is 315 g/mol. The Morgan fingerprint density at radius 1 is 1.05 bits per heavy atom. The van der Waals surface area contributed by atoms with Crippen LogP contribution in [0.4, 0.5) is 10.5 Å². The number of nitrogens with zero attached hydrogens (tertiary/aromatic N) is 1. The van der Waals surface area contributed by atoms with E-state index in [0.29, 0.717) is 24.8 Å². The maximum atomic E-state index is 11.6. The predicted octanol–water partition coefficient (Wildman–Crippen LogP) is 1.85. The minimum absolute atomic E-state index is 0.332. The number of halogens is 2. The van der Waals surface area contributed by atoms with Gasteiger partial charge in [-0.05, 0) is 17.7 Å². The minimum Gasteiger partial charge on any atom is -0.369 e. The molecule has 2 rings (SSSR count). The zero-order chi connectivity index (χ0) is 14.5. The summed E-state index contributed by atoms with van der Waals surface area (Å²) in [5, 5.41) is 4.77. The quantitative estimate of drug-likeness (QED) is 0.622.